The lowest BCUT2D eigenvalue weighted by Crippen LogP contribution is -2.71. The summed E-state index contributed by atoms with van der Waals surface area (Å²) >= 11 is 0. The highest BCUT2D eigenvalue weighted by Gasteiger charge is 2.53. The van der Waals surface area contributed by atoms with Gasteiger partial charge in [-0.15, -0.1) is 0 Å². The highest BCUT2D eigenvalue weighted by Crippen LogP contribution is 2.26. The van der Waals surface area contributed by atoms with Gasteiger partial charge >= 0.3 is 6.03 Å². The number of barbiturate groups is 1. The lowest BCUT2D eigenvalue weighted by molar-refractivity contribution is -0.139. The molecule has 3 N–H and O–H groups in total. The molecule has 138 valence electrons. The number of hydrogen-bond acceptors (Lipinski definition) is 4. The van der Waals surface area contributed by atoms with Crippen molar-refractivity contribution in [2.75, 3.05) is 0 Å². The van der Waals surface area contributed by atoms with Crippen LogP contribution in [0.5, 0.6) is 0 Å². The van der Waals surface area contributed by atoms with Crippen LogP contribution in [0.4, 0.5) is 4.79 Å². The van der Waals surface area contributed by atoms with Gasteiger partial charge in [0.25, 0.3) is 17.7 Å². The molecule has 0 aromatic heterocycles. The summed E-state index contributed by atoms with van der Waals surface area (Å²) in [6.45, 7) is 0. The van der Waals surface area contributed by atoms with Crippen molar-refractivity contribution in [3.05, 3.63) is 83.9 Å². The Morgan fingerprint density at radius 2 is 1.36 bits per heavy atom. The third-order valence-corrected chi connectivity index (χ3v) is 4.68. The van der Waals surface area contributed by atoms with Crippen LogP contribution >= 0.6 is 0 Å². The zero-order chi connectivity index (χ0) is 19.7. The van der Waals surface area contributed by atoms with Gasteiger partial charge in [0.1, 0.15) is 0 Å². The molecule has 0 atom stereocenters. The van der Waals surface area contributed by atoms with Crippen LogP contribution in [0.2, 0.25) is 0 Å². The molecular weight excluding hydrogens is 358 g/mol. The first-order valence-corrected chi connectivity index (χ1v) is 8.55. The maximum absolute atomic E-state index is 13.1. The summed E-state index contributed by atoms with van der Waals surface area (Å²) in [6, 6.07) is 19.6. The molecule has 5 amide bonds. The second-order valence-electron chi connectivity index (χ2n) is 6.33. The van der Waals surface area contributed by atoms with E-state index in [-0.39, 0.29) is 5.56 Å². The van der Waals surface area contributed by atoms with Crippen molar-refractivity contribution < 1.29 is 19.2 Å². The molecule has 0 aliphatic carbocycles. The summed E-state index contributed by atoms with van der Waals surface area (Å²) in [5, 5.41) is 8.22. The number of benzene rings is 3. The fourth-order valence-electron chi connectivity index (χ4n) is 3.33. The summed E-state index contributed by atoms with van der Waals surface area (Å²) in [7, 11) is 0. The number of urea groups is 1. The minimum Gasteiger partial charge on any atom is -0.326 e. The van der Waals surface area contributed by atoms with Crippen LogP contribution < -0.4 is 16.0 Å². The normalized spacial score (nSPS) is 15.6. The summed E-state index contributed by atoms with van der Waals surface area (Å²) in [5.41, 5.74) is -1.51. The van der Waals surface area contributed by atoms with Crippen molar-refractivity contribution in [1.29, 1.82) is 0 Å². The summed E-state index contributed by atoms with van der Waals surface area (Å²) in [4.78, 5) is 50.2. The van der Waals surface area contributed by atoms with E-state index in [4.69, 9.17) is 0 Å². The third-order valence-electron chi connectivity index (χ3n) is 4.68. The van der Waals surface area contributed by atoms with Gasteiger partial charge in [-0.3, -0.25) is 25.0 Å². The molecule has 0 spiro atoms. The quantitative estimate of drug-likeness (QED) is 0.609. The number of fused-ring (bicyclic) bond motifs is 1. The molecule has 7 heteroatoms. The van der Waals surface area contributed by atoms with Crippen LogP contribution in [0.25, 0.3) is 10.8 Å². The van der Waals surface area contributed by atoms with Gasteiger partial charge in [0, 0.05) is 5.56 Å². The number of imide groups is 2. The lowest BCUT2D eigenvalue weighted by Gasteiger charge is -2.35. The standard InChI is InChI=1S/C21H15N3O4/c25-17(16-12-6-8-13-7-4-5-11-15(13)16)24-21(14-9-2-1-3-10-14)18(26)22-20(28)23-19(21)27/h1-12H,(H,24,25)(H2,22,23,26,27,28). The van der Waals surface area contributed by atoms with Crippen molar-refractivity contribution in [2.45, 2.75) is 5.54 Å². The SMILES string of the molecule is O=C1NC(=O)C(NC(=O)c2cccc3ccccc23)(c2ccccc2)C(=O)N1. The van der Waals surface area contributed by atoms with Crippen LogP contribution in [0.1, 0.15) is 15.9 Å². The first-order valence-electron chi connectivity index (χ1n) is 8.55. The van der Waals surface area contributed by atoms with Crippen molar-refractivity contribution in [2.24, 2.45) is 0 Å². The zero-order valence-electron chi connectivity index (χ0n) is 14.6. The lowest BCUT2D eigenvalue weighted by atomic mass is 9.86. The van der Waals surface area contributed by atoms with Gasteiger partial charge in [-0.1, -0.05) is 66.7 Å². The van der Waals surface area contributed by atoms with Gasteiger partial charge in [0.05, 0.1) is 0 Å². The van der Waals surface area contributed by atoms with Crippen LogP contribution in [-0.2, 0) is 15.1 Å². The van der Waals surface area contributed by atoms with E-state index in [0.717, 1.165) is 5.39 Å². The predicted molar refractivity (Wildman–Crippen MR) is 101 cm³/mol. The maximum Gasteiger partial charge on any atom is 0.328 e. The monoisotopic (exact) mass is 373 g/mol. The fourth-order valence-corrected chi connectivity index (χ4v) is 3.33. The third kappa shape index (κ3) is 2.69. The molecule has 3 aromatic carbocycles. The zero-order valence-corrected chi connectivity index (χ0v) is 14.6. The molecule has 7 nitrogen and oxygen atoms in total. The molecular formula is C21H15N3O4. The molecule has 3 aromatic rings. The fraction of sp³-hybridized carbons (Fsp3) is 0.0476. The topological polar surface area (TPSA) is 104 Å². The van der Waals surface area contributed by atoms with Crippen LogP contribution in [-0.4, -0.2) is 23.8 Å². The molecule has 1 fully saturated rings. The number of nitrogens with one attached hydrogen (secondary N) is 3. The number of rotatable bonds is 3. The van der Waals surface area contributed by atoms with Crippen LogP contribution in [0.3, 0.4) is 0 Å². The van der Waals surface area contributed by atoms with E-state index >= 15 is 0 Å². The van der Waals surface area contributed by atoms with E-state index in [1.54, 1.807) is 54.6 Å². The van der Waals surface area contributed by atoms with Crippen LogP contribution in [0.15, 0.2) is 72.8 Å². The van der Waals surface area contributed by atoms with Gasteiger partial charge in [0.15, 0.2) is 0 Å². The molecule has 1 saturated heterocycles. The van der Waals surface area contributed by atoms with Gasteiger partial charge in [-0.25, -0.2) is 4.79 Å². The van der Waals surface area contributed by atoms with Crippen molar-refractivity contribution in [1.82, 2.24) is 16.0 Å². The van der Waals surface area contributed by atoms with E-state index in [2.05, 4.69) is 16.0 Å². The smallest absolute Gasteiger partial charge is 0.326 e. The Labute approximate surface area is 159 Å². The maximum atomic E-state index is 13.1. The minimum atomic E-state index is -2.07. The van der Waals surface area contributed by atoms with E-state index < -0.39 is 29.3 Å². The molecule has 28 heavy (non-hydrogen) atoms. The number of carbonyl (C=O) groups excluding carboxylic acids is 4. The first-order chi connectivity index (χ1) is 13.5. The van der Waals surface area contributed by atoms with Gasteiger partial charge < -0.3 is 5.32 Å². The Hall–Kier alpha value is -4.00. The summed E-state index contributed by atoms with van der Waals surface area (Å²) in [6.07, 6.45) is 0. The Morgan fingerprint density at radius 3 is 2.07 bits per heavy atom. The molecule has 0 unspecified atom stereocenters. The molecule has 4 rings (SSSR count). The molecule has 0 bridgehead atoms. The Balaban J connectivity index is 1.83. The van der Waals surface area contributed by atoms with E-state index in [9.17, 15) is 19.2 Å². The Kier molecular flexibility index (Phi) is 4.12. The minimum absolute atomic E-state index is 0.242. The average molecular weight is 373 g/mol. The predicted octanol–water partition coefficient (Wildman–Crippen LogP) is 1.83. The molecule has 0 saturated carbocycles. The number of carbonyl (C=O) groups is 4. The second kappa shape index (κ2) is 6.62. The van der Waals surface area contributed by atoms with Gasteiger partial charge in [0.2, 0.25) is 5.54 Å². The highest BCUT2D eigenvalue weighted by molar-refractivity contribution is 6.24. The van der Waals surface area contributed by atoms with Crippen molar-refractivity contribution >= 4 is 34.5 Å². The second-order valence-corrected chi connectivity index (χ2v) is 6.33. The Bertz CT molecular complexity index is 1100. The number of amides is 5. The number of hydrogen-bond donors (Lipinski definition) is 3. The van der Waals surface area contributed by atoms with Crippen molar-refractivity contribution in [3.8, 4) is 0 Å². The Morgan fingerprint density at radius 1 is 0.750 bits per heavy atom. The van der Waals surface area contributed by atoms with Gasteiger partial charge in [-0.05, 0) is 22.4 Å². The largest absolute Gasteiger partial charge is 0.328 e. The van der Waals surface area contributed by atoms with E-state index in [1.165, 1.54) is 0 Å². The molecule has 1 aliphatic rings. The molecule has 1 heterocycles. The van der Waals surface area contributed by atoms with E-state index in [1.807, 2.05) is 18.2 Å². The summed E-state index contributed by atoms with van der Waals surface area (Å²) in [5.74, 6) is -2.44. The molecule has 1 aliphatic heterocycles. The first kappa shape index (κ1) is 17.4. The average Bonchev–Trinajstić information content (AvgIpc) is 2.71. The van der Waals surface area contributed by atoms with Gasteiger partial charge in [-0.2, -0.15) is 0 Å². The highest BCUT2D eigenvalue weighted by atomic mass is 16.2. The van der Waals surface area contributed by atoms with Crippen molar-refractivity contribution in [3.63, 3.8) is 0 Å². The van der Waals surface area contributed by atoms with Crippen LogP contribution in [0, 0.1) is 0 Å². The van der Waals surface area contributed by atoms with E-state index in [0.29, 0.717) is 10.9 Å². The molecule has 0 radical (unpaired) electrons. The summed E-state index contributed by atoms with van der Waals surface area (Å²) < 4.78 is 0.